The maximum Gasteiger partial charge on any atom is 0.250 e. The molecule has 0 radical (unpaired) electrons. The van der Waals surface area contributed by atoms with E-state index < -0.39 is 17.9 Å². The average molecular weight is 126 g/mol. The second kappa shape index (κ2) is 1.99. The van der Waals surface area contributed by atoms with Gasteiger partial charge in [-0.1, -0.05) is 6.08 Å². The van der Waals surface area contributed by atoms with Gasteiger partial charge in [-0.05, 0) is 0 Å². The van der Waals surface area contributed by atoms with Crippen molar-refractivity contribution in [1.82, 2.24) is 5.32 Å². The molecule has 1 unspecified atom stereocenters. The van der Waals surface area contributed by atoms with E-state index in [-0.39, 0.29) is 0 Å². The predicted octanol–water partition coefficient (Wildman–Crippen LogP) is -1.47. The molecule has 1 aliphatic rings. The first-order valence-electron chi connectivity index (χ1n) is 2.49. The summed E-state index contributed by atoms with van der Waals surface area (Å²) in [6.07, 6.45) is 2.60. The van der Waals surface area contributed by atoms with Gasteiger partial charge in [0, 0.05) is 6.08 Å². The van der Waals surface area contributed by atoms with Crippen LogP contribution in [0.5, 0.6) is 0 Å². The molecule has 0 aromatic heterocycles. The van der Waals surface area contributed by atoms with Crippen molar-refractivity contribution in [3.8, 4) is 0 Å². The standard InChI is InChI=1S/C5H6N2O2/c6-3-1-2-4(8)7-5(3)9/h1-3H,6H2,(H,7,8,9). The predicted molar refractivity (Wildman–Crippen MR) is 30.3 cm³/mol. The van der Waals surface area contributed by atoms with Crippen LogP contribution in [0.4, 0.5) is 0 Å². The van der Waals surface area contributed by atoms with Gasteiger partial charge in [0.15, 0.2) is 0 Å². The van der Waals surface area contributed by atoms with Gasteiger partial charge in [0.25, 0.3) is 0 Å². The zero-order chi connectivity index (χ0) is 6.85. The van der Waals surface area contributed by atoms with Crippen LogP contribution in [0.15, 0.2) is 12.2 Å². The zero-order valence-corrected chi connectivity index (χ0v) is 4.63. The Balaban J connectivity index is 2.76. The first kappa shape index (κ1) is 5.97. The Labute approximate surface area is 51.7 Å². The van der Waals surface area contributed by atoms with Crippen molar-refractivity contribution in [3.05, 3.63) is 12.2 Å². The lowest BCUT2D eigenvalue weighted by molar-refractivity contribution is -0.129. The Morgan fingerprint density at radius 1 is 1.56 bits per heavy atom. The van der Waals surface area contributed by atoms with Gasteiger partial charge in [0.1, 0.15) is 6.04 Å². The van der Waals surface area contributed by atoms with E-state index in [1.807, 2.05) is 5.32 Å². The number of hydrogen-bond donors (Lipinski definition) is 2. The molecule has 9 heavy (non-hydrogen) atoms. The third-order valence-electron chi connectivity index (χ3n) is 1.00. The lowest BCUT2D eigenvalue weighted by Gasteiger charge is -2.09. The molecule has 0 fully saturated rings. The fourth-order valence-electron chi connectivity index (χ4n) is 0.525. The minimum Gasteiger partial charge on any atom is -0.317 e. The molecular formula is C5H6N2O2. The summed E-state index contributed by atoms with van der Waals surface area (Å²) in [4.78, 5) is 20.8. The quantitative estimate of drug-likeness (QED) is 0.389. The lowest BCUT2D eigenvalue weighted by Crippen LogP contribution is -2.44. The Hall–Kier alpha value is -1.16. The van der Waals surface area contributed by atoms with Gasteiger partial charge >= 0.3 is 0 Å². The van der Waals surface area contributed by atoms with Gasteiger partial charge in [-0.3, -0.25) is 14.9 Å². The summed E-state index contributed by atoms with van der Waals surface area (Å²) in [6.45, 7) is 0. The highest BCUT2D eigenvalue weighted by atomic mass is 16.2. The summed E-state index contributed by atoms with van der Waals surface area (Å²) < 4.78 is 0. The van der Waals surface area contributed by atoms with E-state index in [1.54, 1.807) is 0 Å². The van der Waals surface area contributed by atoms with E-state index in [1.165, 1.54) is 12.2 Å². The molecule has 4 heteroatoms. The van der Waals surface area contributed by atoms with Crippen molar-refractivity contribution < 1.29 is 9.59 Å². The summed E-state index contributed by atoms with van der Waals surface area (Å²) in [7, 11) is 0. The van der Waals surface area contributed by atoms with E-state index in [2.05, 4.69) is 0 Å². The molecule has 0 aliphatic carbocycles. The van der Waals surface area contributed by atoms with Crippen LogP contribution in [0.25, 0.3) is 0 Å². The second-order valence-corrected chi connectivity index (χ2v) is 1.74. The molecule has 0 saturated heterocycles. The third kappa shape index (κ3) is 1.14. The molecule has 4 nitrogen and oxygen atoms in total. The van der Waals surface area contributed by atoms with Crippen molar-refractivity contribution in [2.75, 3.05) is 0 Å². The molecule has 1 aliphatic heterocycles. The van der Waals surface area contributed by atoms with Crippen LogP contribution in [0.2, 0.25) is 0 Å². The van der Waals surface area contributed by atoms with Gasteiger partial charge in [-0.25, -0.2) is 0 Å². The normalized spacial score (nSPS) is 26.1. The number of carbonyl (C=O) groups excluding carboxylic acids is 2. The fraction of sp³-hybridized carbons (Fsp3) is 0.200. The van der Waals surface area contributed by atoms with Crippen molar-refractivity contribution in [1.29, 1.82) is 0 Å². The number of nitrogens with two attached hydrogens (primary N) is 1. The van der Waals surface area contributed by atoms with E-state index in [9.17, 15) is 9.59 Å². The molecule has 1 rings (SSSR count). The van der Waals surface area contributed by atoms with Crippen molar-refractivity contribution >= 4 is 11.8 Å². The lowest BCUT2D eigenvalue weighted by atomic mass is 10.2. The van der Waals surface area contributed by atoms with Gasteiger partial charge < -0.3 is 5.73 Å². The van der Waals surface area contributed by atoms with Crippen LogP contribution in [-0.2, 0) is 9.59 Å². The summed E-state index contributed by atoms with van der Waals surface area (Å²) in [5.74, 6) is -0.843. The highest BCUT2D eigenvalue weighted by Gasteiger charge is 2.16. The van der Waals surface area contributed by atoms with Gasteiger partial charge in [-0.2, -0.15) is 0 Å². The Morgan fingerprint density at radius 2 is 2.22 bits per heavy atom. The van der Waals surface area contributed by atoms with Crippen molar-refractivity contribution in [2.24, 2.45) is 5.73 Å². The smallest absolute Gasteiger partial charge is 0.250 e. The largest absolute Gasteiger partial charge is 0.317 e. The summed E-state index contributed by atoms with van der Waals surface area (Å²) >= 11 is 0. The van der Waals surface area contributed by atoms with Gasteiger partial charge in [0.2, 0.25) is 11.8 Å². The summed E-state index contributed by atoms with van der Waals surface area (Å²) in [6, 6.07) is -0.664. The van der Waals surface area contributed by atoms with Crippen LogP contribution >= 0.6 is 0 Å². The van der Waals surface area contributed by atoms with Crippen LogP contribution in [0.1, 0.15) is 0 Å². The molecule has 1 heterocycles. The van der Waals surface area contributed by atoms with E-state index in [0.717, 1.165) is 0 Å². The van der Waals surface area contributed by atoms with Crippen LogP contribution in [0.3, 0.4) is 0 Å². The molecule has 3 N–H and O–H groups in total. The highest BCUT2D eigenvalue weighted by molar-refractivity contribution is 6.06. The van der Waals surface area contributed by atoms with Crippen LogP contribution < -0.4 is 11.1 Å². The first-order chi connectivity index (χ1) is 4.20. The number of hydrogen-bond acceptors (Lipinski definition) is 3. The van der Waals surface area contributed by atoms with Crippen molar-refractivity contribution in [3.63, 3.8) is 0 Å². The maximum atomic E-state index is 10.5. The molecule has 0 aromatic rings. The Morgan fingerprint density at radius 3 is 2.67 bits per heavy atom. The zero-order valence-electron chi connectivity index (χ0n) is 4.63. The van der Waals surface area contributed by atoms with E-state index >= 15 is 0 Å². The SMILES string of the molecule is NC1C=CC(=O)NC1=O. The van der Waals surface area contributed by atoms with E-state index in [0.29, 0.717) is 0 Å². The fourth-order valence-corrected chi connectivity index (χ4v) is 0.525. The molecule has 2 amide bonds. The number of imide groups is 1. The maximum absolute atomic E-state index is 10.5. The number of carbonyl (C=O) groups is 2. The number of rotatable bonds is 0. The highest BCUT2D eigenvalue weighted by Crippen LogP contribution is 1.89. The minimum atomic E-state index is -0.664. The van der Waals surface area contributed by atoms with Crippen molar-refractivity contribution in [2.45, 2.75) is 6.04 Å². The summed E-state index contributed by atoms with van der Waals surface area (Å²) in [5, 5.41) is 2.04. The molecule has 48 valence electrons. The molecular weight excluding hydrogens is 120 g/mol. The topological polar surface area (TPSA) is 72.2 Å². The Kier molecular flexibility index (Phi) is 1.32. The number of amides is 2. The van der Waals surface area contributed by atoms with Crippen LogP contribution in [0, 0.1) is 0 Å². The average Bonchev–Trinajstić information content (AvgIpc) is 1.80. The monoisotopic (exact) mass is 126 g/mol. The van der Waals surface area contributed by atoms with Gasteiger partial charge in [0.05, 0.1) is 0 Å². The number of nitrogens with one attached hydrogen (secondary N) is 1. The Bertz CT molecular complexity index is 185. The first-order valence-corrected chi connectivity index (χ1v) is 2.49. The van der Waals surface area contributed by atoms with Crippen LogP contribution in [-0.4, -0.2) is 17.9 Å². The molecule has 0 spiro atoms. The molecule has 0 saturated carbocycles. The van der Waals surface area contributed by atoms with E-state index in [4.69, 9.17) is 5.73 Å². The minimum absolute atomic E-state index is 0.401. The van der Waals surface area contributed by atoms with Gasteiger partial charge in [-0.15, -0.1) is 0 Å². The summed E-state index contributed by atoms with van der Waals surface area (Å²) in [5.41, 5.74) is 5.19. The second-order valence-electron chi connectivity index (χ2n) is 1.74. The third-order valence-corrected chi connectivity index (χ3v) is 1.00. The molecule has 0 bridgehead atoms. The molecule has 1 atom stereocenters. The molecule has 0 aromatic carbocycles.